The summed E-state index contributed by atoms with van der Waals surface area (Å²) >= 11 is 6.01. The van der Waals surface area contributed by atoms with Crippen LogP contribution in [0.4, 0.5) is 5.69 Å². The molecule has 0 bridgehead atoms. The summed E-state index contributed by atoms with van der Waals surface area (Å²) in [7, 11) is -2.48. The maximum Gasteiger partial charge on any atom is 0.340 e. The van der Waals surface area contributed by atoms with Gasteiger partial charge in [-0.3, -0.25) is 0 Å². The standard InChI is InChI=1S/C19H21ClN2O6S/c1-26-18-5-2-14(20)10-13(18)12-28-19(23)16-11-15(29(21,24)25)3-4-17(16)22-6-8-27-9-7-22/h2-5,10-11H,6-9,12H2,1H3,(H2,21,24,25). The molecule has 3 rings (SSSR count). The van der Waals surface area contributed by atoms with Crippen LogP contribution in [-0.4, -0.2) is 47.8 Å². The second-order valence-corrected chi connectivity index (χ2v) is 8.35. The first kappa shape index (κ1) is 21.4. The molecule has 2 aromatic carbocycles. The van der Waals surface area contributed by atoms with Gasteiger partial charge in [0.1, 0.15) is 12.4 Å². The van der Waals surface area contributed by atoms with Gasteiger partial charge in [0.25, 0.3) is 0 Å². The van der Waals surface area contributed by atoms with Gasteiger partial charge in [-0.25, -0.2) is 18.4 Å². The topological polar surface area (TPSA) is 108 Å². The monoisotopic (exact) mass is 440 g/mol. The lowest BCUT2D eigenvalue weighted by Crippen LogP contribution is -2.37. The van der Waals surface area contributed by atoms with Gasteiger partial charge in [-0.05, 0) is 36.4 Å². The Labute approximate surface area is 174 Å². The third kappa shape index (κ3) is 5.18. The van der Waals surface area contributed by atoms with Crippen LogP contribution in [0, 0.1) is 0 Å². The normalized spacial score (nSPS) is 14.5. The van der Waals surface area contributed by atoms with Crippen molar-refractivity contribution in [1.82, 2.24) is 0 Å². The van der Waals surface area contributed by atoms with Gasteiger partial charge in [0.05, 0.1) is 36.5 Å². The third-order valence-electron chi connectivity index (χ3n) is 4.47. The van der Waals surface area contributed by atoms with Gasteiger partial charge in [0.15, 0.2) is 0 Å². The van der Waals surface area contributed by atoms with E-state index in [9.17, 15) is 13.2 Å². The molecular weight excluding hydrogens is 420 g/mol. The molecule has 1 fully saturated rings. The van der Waals surface area contributed by atoms with E-state index < -0.39 is 16.0 Å². The van der Waals surface area contributed by atoms with E-state index in [0.29, 0.717) is 48.3 Å². The minimum atomic E-state index is -3.98. The molecule has 10 heteroatoms. The molecule has 0 radical (unpaired) electrons. The fourth-order valence-electron chi connectivity index (χ4n) is 3.02. The number of carbonyl (C=O) groups excluding carboxylic acids is 1. The van der Waals surface area contributed by atoms with E-state index in [1.54, 1.807) is 24.3 Å². The minimum absolute atomic E-state index is 0.0925. The predicted octanol–water partition coefficient (Wildman–Crippen LogP) is 2.19. The Morgan fingerprint density at radius 1 is 1.21 bits per heavy atom. The maximum absolute atomic E-state index is 12.9. The highest BCUT2D eigenvalue weighted by atomic mass is 35.5. The van der Waals surface area contributed by atoms with Crippen LogP contribution in [0.15, 0.2) is 41.3 Å². The van der Waals surface area contributed by atoms with E-state index in [2.05, 4.69) is 0 Å². The molecule has 156 valence electrons. The molecule has 1 aliphatic heterocycles. The molecule has 0 amide bonds. The Hall–Kier alpha value is -2.33. The Balaban J connectivity index is 1.90. The molecule has 0 spiro atoms. The number of sulfonamides is 1. The van der Waals surface area contributed by atoms with Crippen LogP contribution in [0.2, 0.25) is 5.02 Å². The van der Waals surface area contributed by atoms with Crippen LogP contribution < -0.4 is 14.8 Å². The van der Waals surface area contributed by atoms with Crippen LogP contribution in [0.25, 0.3) is 0 Å². The largest absolute Gasteiger partial charge is 0.496 e. The fourth-order valence-corrected chi connectivity index (χ4v) is 3.75. The molecule has 0 saturated carbocycles. The molecule has 0 aromatic heterocycles. The van der Waals surface area contributed by atoms with Crippen molar-refractivity contribution in [1.29, 1.82) is 0 Å². The zero-order valence-electron chi connectivity index (χ0n) is 15.8. The number of hydrogen-bond donors (Lipinski definition) is 1. The van der Waals surface area contributed by atoms with Crippen LogP contribution in [-0.2, 0) is 26.1 Å². The van der Waals surface area contributed by atoms with Crippen molar-refractivity contribution in [3.8, 4) is 5.75 Å². The van der Waals surface area contributed by atoms with Gasteiger partial charge in [0, 0.05) is 23.7 Å². The molecule has 2 N–H and O–H groups in total. The summed E-state index contributed by atoms with van der Waals surface area (Å²) in [6, 6.07) is 9.14. The Morgan fingerprint density at radius 3 is 2.59 bits per heavy atom. The van der Waals surface area contributed by atoms with E-state index in [4.69, 9.17) is 31.0 Å². The number of primary sulfonamides is 1. The van der Waals surface area contributed by atoms with Gasteiger partial charge in [-0.2, -0.15) is 0 Å². The summed E-state index contributed by atoms with van der Waals surface area (Å²) in [5, 5.41) is 5.70. The van der Waals surface area contributed by atoms with Gasteiger partial charge < -0.3 is 19.1 Å². The first-order valence-corrected chi connectivity index (χ1v) is 10.7. The highest BCUT2D eigenvalue weighted by molar-refractivity contribution is 7.89. The lowest BCUT2D eigenvalue weighted by Gasteiger charge is -2.30. The number of carbonyl (C=O) groups is 1. The second kappa shape index (κ2) is 9.00. The number of methoxy groups -OCH3 is 1. The molecule has 0 unspecified atom stereocenters. The smallest absolute Gasteiger partial charge is 0.340 e. The van der Waals surface area contributed by atoms with Crippen LogP contribution in [0.1, 0.15) is 15.9 Å². The summed E-state index contributed by atoms with van der Waals surface area (Å²) in [6.07, 6.45) is 0. The number of halogens is 1. The van der Waals surface area contributed by atoms with Gasteiger partial charge in [-0.15, -0.1) is 0 Å². The number of anilines is 1. The van der Waals surface area contributed by atoms with Crippen molar-refractivity contribution in [2.45, 2.75) is 11.5 Å². The highest BCUT2D eigenvalue weighted by Gasteiger charge is 2.23. The van der Waals surface area contributed by atoms with E-state index in [1.165, 1.54) is 19.2 Å². The predicted molar refractivity (Wildman–Crippen MR) is 108 cm³/mol. The second-order valence-electron chi connectivity index (χ2n) is 6.36. The Bertz CT molecular complexity index is 1010. The van der Waals surface area contributed by atoms with Crippen molar-refractivity contribution in [2.75, 3.05) is 38.3 Å². The maximum atomic E-state index is 12.9. The van der Waals surface area contributed by atoms with Crippen molar-refractivity contribution in [2.24, 2.45) is 5.14 Å². The third-order valence-corrected chi connectivity index (χ3v) is 5.62. The molecule has 1 heterocycles. The van der Waals surface area contributed by atoms with Crippen molar-refractivity contribution in [3.63, 3.8) is 0 Å². The average molecular weight is 441 g/mol. The van der Waals surface area contributed by atoms with E-state index in [0.717, 1.165) is 0 Å². The summed E-state index contributed by atoms with van der Waals surface area (Å²) < 4.78 is 39.5. The average Bonchev–Trinajstić information content (AvgIpc) is 2.71. The number of esters is 1. The number of benzene rings is 2. The minimum Gasteiger partial charge on any atom is -0.496 e. The first-order chi connectivity index (χ1) is 13.8. The highest BCUT2D eigenvalue weighted by Crippen LogP contribution is 2.27. The van der Waals surface area contributed by atoms with Crippen molar-refractivity contribution in [3.05, 3.63) is 52.5 Å². The Morgan fingerprint density at radius 2 is 1.93 bits per heavy atom. The van der Waals surface area contributed by atoms with E-state index in [-0.39, 0.29) is 17.1 Å². The molecular formula is C19H21ClN2O6S. The Kier molecular flexibility index (Phi) is 6.63. The van der Waals surface area contributed by atoms with Gasteiger partial charge >= 0.3 is 5.97 Å². The summed E-state index contributed by atoms with van der Waals surface area (Å²) in [4.78, 5) is 14.6. The molecule has 1 saturated heterocycles. The van der Waals surface area contributed by atoms with E-state index in [1.807, 2.05) is 4.90 Å². The zero-order valence-corrected chi connectivity index (χ0v) is 17.3. The lowest BCUT2D eigenvalue weighted by atomic mass is 10.1. The van der Waals surface area contributed by atoms with Gasteiger partial charge in [-0.1, -0.05) is 11.6 Å². The number of nitrogens with zero attached hydrogens (tertiary/aromatic N) is 1. The van der Waals surface area contributed by atoms with Crippen molar-refractivity contribution >= 4 is 33.3 Å². The number of hydrogen-bond acceptors (Lipinski definition) is 7. The first-order valence-electron chi connectivity index (χ1n) is 8.78. The number of rotatable bonds is 6. The molecule has 8 nitrogen and oxygen atoms in total. The van der Waals surface area contributed by atoms with Crippen LogP contribution in [0.5, 0.6) is 5.75 Å². The SMILES string of the molecule is COc1ccc(Cl)cc1COC(=O)c1cc(S(N)(=O)=O)ccc1N1CCOCC1. The number of ether oxygens (including phenoxy) is 3. The zero-order chi connectivity index (χ0) is 21.0. The molecule has 1 aliphatic rings. The van der Waals surface area contributed by atoms with Crippen LogP contribution in [0.3, 0.4) is 0 Å². The lowest BCUT2D eigenvalue weighted by molar-refractivity contribution is 0.0469. The summed E-state index contributed by atoms with van der Waals surface area (Å²) in [5.41, 5.74) is 1.26. The fraction of sp³-hybridized carbons (Fsp3) is 0.316. The molecule has 29 heavy (non-hydrogen) atoms. The molecule has 0 aliphatic carbocycles. The van der Waals surface area contributed by atoms with Crippen molar-refractivity contribution < 1.29 is 27.4 Å². The summed E-state index contributed by atoms with van der Waals surface area (Å²) in [6.45, 7) is 2.05. The van der Waals surface area contributed by atoms with Crippen LogP contribution >= 0.6 is 11.6 Å². The number of morpholine rings is 1. The number of nitrogens with two attached hydrogens (primary N) is 1. The molecule has 0 atom stereocenters. The van der Waals surface area contributed by atoms with E-state index >= 15 is 0 Å². The molecule has 2 aromatic rings. The van der Waals surface area contributed by atoms with Gasteiger partial charge in [0.2, 0.25) is 10.0 Å². The quantitative estimate of drug-likeness (QED) is 0.686. The summed E-state index contributed by atoms with van der Waals surface area (Å²) in [5.74, 6) is -0.159.